The molecular formula is C24H34N2O5. The van der Waals surface area contributed by atoms with Gasteiger partial charge in [-0.3, -0.25) is 4.79 Å². The number of ether oxygens (including phenoxy) is 2. The largest absolute Gasteiger partial charge is 0.467 e. The van der Waals surface area contributed by atoms with Gasteiger partial charge in [-0.05, 0) is 52.5 Å². The highest BCUT2D eigenvalue weighted by molar-refractivity contribution is 5.87. The van der Waals surface area contributed by atoms with Crippen molar-refractivity contribution in [1.29, 1.82) is 0 Å². The van der Waals surface area contributed by atoms with Crippen molar-refractivity contribution in [3.63, 3.8) is 0 Å². The lowest BCUT2D eigenvalue weighted by molar-refractivity contribution is -0.152. The zero-order chi connectivity index (χ0) is 23.0. The number of amides is 2. The van der Waals surface area contributed by atoms with Crippen molar-refractivity contribution in [2.45, 2.75) is 58.6 Å². The molecule has 0 saturated heterocycles. The first kappa shape index (κ1) is 24.4. The minimum Gasteiger partial charge on any atom is -0.467 e. The van der Waals surface area contributed by atoms with E-state index in [1.807, 2.05) is 57.2 Å². The summed E-state index contributed by atoms with van der Waals surface area (Å²) in [5.41, 5.74) is 1.57. The SMILES string of the molecule is COC(=O)C(C)N1CCC(CCNC(=O)OC(C)(C)C)=CC(Cc2ccccc2)C1=O. The van der Waals surface area contributed by atoms with Crippen LogP contribution in [0.15, 0.2) is 42.0 Å². The van der Waals surface area contributed by atoms with Gasteiger partial charge in [0.05, 0.1) is 13.0 Å². The molecule has 2 atom stereocenters. The Bertz CT molecular complexity index is 798. The van der Waals surface area contributed by atoms with E-state index in [9.17, 15) is 14.4 Å². The van der Waals surface area contributed by atoms with E-state index in [-0.39, 0.29) is 11.8 Å². The summed E-state index contributed by atoms with van der Waals surface area (Å²) >= 11 is 0. The molecule has 0 aromatic heterocycles. The van der Waals surface area contributed by atoms with Gasteiger partial charge >= 0.3 is 12.1 Å². The molecule has 1 aromatic carbocycles. The molecule has 1 heterocycles. The smallest absolute Gasteiger partial charge is 0.407 e. The number of nitrogens with zero attached hydrogens (tertiary/aromatic N) is 1. The van der Waals surface area contributed by atoms with Crippen molar-refractivity contribution >= 4 is 18.0 Å². The van der Waals surface area contributed by atoms with Crippen LogP contribution in [0.5, 0.6) is 0 Å². The Hall–Kier alpha value is -2.83. The molecular weight excluding hydrogens is 396 g/mol. The molecule has 7 heteroatoms. The van der Waals surface area contributed by atoms with Crippen molar-refractivity contribution in [2.75, 3.05) is 20.2 Å². The van der Waals surface area contributed by atoms with Gasteiger partial charge in [-0.25, -0.2) is 9.59 Å². The Kier molecular flexibility index (Phi) is 8.65. The number of carbonyl (C=O) groups excluding carboxylic acids is 3. The second kappa shape index (κ2) is 11.0. The van der Waals surface area contributed by atoms with E-state index in [4.69, 9.17) is 9.47 Å². The molecule has 1 N–H and O–H groups in total. The molecule has 0 saturated carbocycles. The zero-order valence-electron chi connectivity index (χ0n) is 19.1. The van der Waals surface area contributed by atoms with Crippen LogP contribution in [0.2, 0.25) is 0 Å². The average Bonchev–Trinajstić information content (AvgIpc) is 2.85. The quantitative estimate of drug-likeness (QED) is 0.529. The summed E-state index contributed by atoms with van der Waals surface area (Å²) in [6, 6.07) is 9.16. The molecule has 2 rings (SSSR count). The van der Waals surface area contributed by atoms with Crippen LogP contribution < -0.4 is 5.32 Å². The van der Waals surface area contributed by atoms with Gasteiger partial charge < -0.3 is 19.7 Å². The van der Waals surface area contributed by atoms with Gasteiger partial charge in [0.25, 0.3) is 0 Å². The molecule has 170 valence electrons. The molecule has 0 radical (unpaired) electrons. The van der Waals surface area contributed by atoms with E-state index in [2.05, 4.69) is 5.32 Å². The fourth-order valence-electron chi connectivity index (χ4n) is 3.57. The third kappa shape index (κ3) is 7.74. The van der Waals surface area contributed by atoms with Crippen LogP contribution >= 0.6 is 0 Å². The van der Waals surface area contributed by atoms with Gasteiger partial charge in [0.1, 0.15) is 11.6 Å². The van der Waals surface area contributed by atoms with Crippen LogP contribution in [0.4, 0.5) is 4.79 Å². The molecule has 1 aliphatic rings. The Morgan fingerprint density at radius 1 is 1.23 bits per heavy atom. The summed E-state index contributed by atoms with van der Waals surface area (Å²) in [7, 11) is 1.33. The number of rotatable bonds is 7. The first-order chi connectivity index (χ1) is 14.6. The minimum atomic E-state index is -0.650. The Labute approximate surface area is 184 Å². The standard InChI is InChI=1S/C24H34N2O5/c1-17(22(28)30-5)26-14-12-19(11-13-25-23(29)31-24(2,3)4)16-20(21(26)27)15-18-9-7-6-8-10-18/h6-10,16-17,20H,11-15H2,1-5H3,(H,25,29). The Morgan fingerprint density at radius 3 is 2.52 bits per heavy atom. The number of methoxy groups -OCH3 is 1. The number of alkyl carbamates (subject to hydrolysis) is 1. The monoisotopic (exact) mass is 430 g/mol. The van der Waals surface area contributed by atoms with Crippen molar-refractivity contribution < 1.29 is 23.9 Å². The molecule has 0 bridgehead atoms. The molecule has 31 heavy (non-hydrogen) atoms. The molecule has 7 nitrogen and oxygen atoms in total. The third-order valence-electron chi connectivity index (χ3n) is 5.13. The van der Waals surface area contributed by atoms with Crippen LogP contribution in [-0.4, -0.2) is 54.7 Å². The maximum Gasteiger partial charge on any atom is 0.407 e. The molecule has 2 amide bonds. The van der Waals surface area contributed by atoms with Gasteiger partial charge in [-0.2, -0.15) is 0 Å². The zero-order valence-corrected chi connectivity index (χ0v) is 19.1. The van der Waals surface area contributed by atoms with E-state index in [1.54, 1.807) is 11.8 Å². The lowest BCUT2D eigenvalue weighted by Crippen LogP contribution is -2.46. The Balaban J connectivity index is 2.12. The van der Waals surface area contributed by atoms with Crippen molar-refractivity contribution in [1.82, 2.24) is 10.2 Å². The number of hydrogen-bond acceptors (Lipinski definition) is 5. The fourth-order valence-corrected chi connectivity index (χ4v) is 3.57. The van der Waals surface area contributed by atoms with Gasteiger partial charge in [0.15, 0.2) is 0 Å². The van der Waals surface area contributed by atoms with Gasteiger partial charge in [0, 0.05) is 13.1 Å². The predicted molar refractivity (Wildman–Crippen MR) is 118 cm³/mol. The lowest BCUT2D eigenvalue weighted by atomic mass is 9.95. The van der Waals surface area contributed by atoms with Crippen molar-refractivity contribution in [3.05, 3.63) is 47.5 Å². The highest BCUT2D eigenvalue weighted by Gasteiger charge is 2.33. The van der Waals surface area contributed by atoms with Crippen LogP contribution in [0.1, 0.15) is 46.1 Å². The van der Waals surface area contributed by atoms with Gasteiger partial charge in [-0.1, -0.05) is 42.0 Å². The van der Waals surface area contributed by atoms with Gasteiger partial charge in [-0.15, -0.1) is 0 Å². The number of carbonyl (C=O) groups is 3. The van der Waals surface area contributed by atoms with E-state index in [0.717, 1.165) is 11.1 Å². The molecule has 0 fully saturated rings. The maximum absolute atomic E-state index is 13.3. The molecule has 0 aliphatic carbocycles. The van der Waals surface area contributed by atoms with Crippen LogP contribution in [0, 0.1) is 5.92 Å². The molecule has 1 aliphatic heterocycles. The first-order valence-corrected chi connectivity index (χ1v) is 10.7. The van der Waals surface area contributed by atoms with E-state index in [1.165, 1.54) is 7.11 Å². The topological polar surface area (TPSA) is 84.9 Å². The van der Waals surface area contributed by atoms with Crippen LogP contribution in [0.25, 0.3) is 0 Å². The Morgan fingerprint density at radius 2 is 1.90 bits per heavy atom. The average molecular weight is 431 g/mol. The summed E-state index contributed by atoms with van der Waals surface area (Å²) < 4.78 is 10.1. The highest BCUT2D eigenvalue weighted by Crippen LogP contribution is 2.24. The second-order valence-electron chi connectivity index (χ2n) is 8.78. The second-order valence-corrected chi connectivity index (χ2v) is 8.78. The minimum absolute atomic E-state index is 0.0862. The van der Waals surface area contributed by atoms with E-state index >= 15 is 0 Å². The number of benzene rings is 1. The first-order valence-electron chi connectivity index (χ1n) is 10.7. The number of esters is 1. The summed E-state index contributed by atoms with van der Waals surface area (Å²) in [6.07, 6.45) is 3.33. The number of hydrogen-bond donors (Lipinski definition) is 1. The number of nitrogens with one attached hydrogen (secondary N) is 1. The highest BCUT2D eigenvalue weighted by atomic mass is 16.6. The van der Waals surface area contributed by atoms with E-state index < -0.39 is 23.7 Å². The van der Waals surface area contributed by atoms with E-state index in [0.29, 0.717) is 32.4 Å². The summed E-state index contributed by atoms with van der Waals surface area (Å²) in [5, 5.41) is 2.77. The normalized spacial score (nSPS) is 18.0. The van der Waals surface area contributed by atoms with Crippen molar-refractivity contribution in [3.8, 4) is 0 Å². The van der Waals surface area contributed by atoms with Crippen LogP contribution in [0.3, 0.4) is 0 Å². The predicted octanol–water partition coefficient (Wildman–Crippen LogP) is 3.48. The third-order valence-corrected chi connectivity index (χ3v) is 5.13. The lowest BCUT2D eigenvalue weighted by Gasteiger charge is -2.28. The summed E-state index contributed by atoms with van der Waals surface area (Å²) in [4.78, 5) is 38.9. The van der Waals surface area contributed by atoms with Crippen molar-refractivity contribution in [2.24, 2.45) is 5.92 Å². The fraction of sp³-hybridized carbons (Fsp3) is 0.542. The molecule has 1 aromatic rings. The van der Waals surface area contributed by atoms with Crippen LogP contribution in [-0.2, 0) is 25.5 Å². The summed E-state index contributed by atoms with van der Waals surface area (Å²) in [5.74, 6) is -0.896. The van der Waals surface area contributed by atoms with Gasteiger partial charge in [0.2, 0.25) is 5.91 Å². The maximum atomic E-state index is 13.3. The molecule has 2 unspecified atom stereocenters. The molecule has 0 spiro atoms. The summed E-state index contributed by atoms with van der Waals surface area (Å²) in [6.45, 7) is 7.99.